The normalized spacial score (nSPS) is 13.0. The molecule has 8 heteroatoms. The Hall–Kier alpha value is -3.83. The first-order valence-corrected chi connectivity index (χ1v) is 9.85. The van der Waals surface area contributed by atoms with Gasteiger partial charge in [-0.2, -0.15) is 5.26 Å². The van der Waals surface area contributed by atoms with E-state index in [0.29, 0.717) is 34.7 Å². The average Bonchev–Trinajstić information content (AvgIpc) is 3.16. The van der Waals surface area contributed by atoms with Crippen molar-refractivity contribution < 1.29 is 4.74 Å². The Kier molecular flexibility index (Phi) is 3.96. The summed E-state index contributed by atoms with van der Waals surface area (Å²) < 4.78 is 7.28. The van der Waals surface area contributed by atoms with E-state index in [-0.39, 0.29) is 5.82 Å². The van der Waals surface area contributed by atoms with Gasteiger partial charge in [0, 0.05) is 11.1 Å². The van der Waals surface area contributed by atoms with E-state index in [9.17, 15) is 10.1 Å². The maximum absolute atomic E-state index is 12.9. The van der Waals surface area contributed by atoms with E-state index >= 15 is 0 Å². The first kappa shape index (κ1) is 17.3. The Balaban J connectivity index is 1.76. The summed E-state index contributed by atoms with van der Waals surface area (Å²) in [7, 11) is 0. The Morgan fingerprint density at radius 1 is 1.17 bits per heavy atom. The Bertz CT molecular complexity index is 1340. The Morgan fingerprint density at radius 2 is 2.00 bits per heavy atom. The van der Waals surface area contributed by atoms with Crippen molar-refractivity contribution in [2.75, 3.05) is 23.8 Å². The van der Waals surface area contributed by atoms with E-state index in [1.165, 1.54) is 15.9 Å². The number of benzene rings is 2. The number of fused-ring (bicyclic) bond motifs is 2. The predicted octanol–water partition coefficient (Wildman–Crippen LogP) is 3.43. The van der Waals surface area contributed by atoms with Gasteiger partial charge < -0.3 is 15.4 Å². The number of ether oxygens (including phenoxy) is 1. The van der Waals surface area contributed by atoms with Crippen molar-refractivity contribution in [2.24, 2.45) is 0 Å². The molecule has 1 aliphatic heterocycles. The molecule has 0 atom stereocenters. The van der Waals surface area contributed by atoms with E-state index in [2.05, 4.69) is 16.0 Å². The third kappa shape index (κ3) is 2.71. The van der Waals surface area contributed by atoms with Crippen molar-refractivity contribution >= 4 is 38.9 Å². The zero-order valence-corrected chi connectivity index (χ0v) is 16.0. The SMILES string of the molecule is N#Cc1csc2nc(N)c(=O)n(-c3ccc4c(c3)N(c3ccccc3)CCO4)c12. The third-order valence-electron chi connectivity index (χ3n) is 4.87. The molecule has 0 fully saturated rings. The lowest BCUT2D eigenvalue weighted by Gasteiger charge is -2.31. The molecule has 4 aromatic rings. The first-order valence-electron chi connectivity index (χ1n) is 8.97. The van der Waals surface area contributed by atoms with Gasteiger partial charge in [-0.25, -0.2) is 4.98 Å². The summed E-state index contributed by atoms with van der Waals surface area (Å²) in [6, 6.07) is 17.7. The van der Waals surface area contributed by atoms with Crippen molar-refractivity contribution in [2.45, 2.75) is 0 Å². The van der Waals surface area contributed by atoms with Crippen LogP contribution in [0.2, 0.25) is 0 Å². The number of aromatic nitrogens is 2. The predicted molar refractivity (Wildman–Crippen MR) is 113 cm³/mol. The van der Waals surface area contributed by atoms with Gasteiger partial charge in [0.15, 0.2) is 5.82 Å². The van der Waals surface area contributed by atoms with Gasteiger partial charge in [-0.3, -0.25) is 9.36 Å². The molecule has 0 aliphatic carbocycles. The molecule has 2 aromatic carbocycles. The largest absolute Gasteiger partial charge is 0.490 e. The van der Waals surface area contributed by atoms with Gasteiger partial charge in [0.2, 0.25) is 0 Å². The highest BCUT2D eigenvalue weighted by Crippen LogP contribution is 2.38. The highest BCUT2D eigenvalue weighted by molar-refractivity contribution is 7.16. The van der Waals surface area contributed by atoms with Crippen molar-refractivity contribution in [3.05, 3.63) is 69.8 Å². The van der Waals surface area contributed by atoms with Crippen LogP contribution in [0.3, 0.4) is 0 Å². The molecule has 142 valence electrons. The number of para-hydroxylation sites is 1. The van der Waals surface area contributed by atoms with Crippen molar-refractivity contribution in [1.82, 2.24) is 9.55 Å². The molecular weight excluding hydrogens is 386 g/mol. The molecule has 0 amide bonds. The average molecular weight is 401 g/mol. The van der Waals surface area contributed by atoms with Gasteiger partial charge in [0.05, 0.1) is 23.5 Å². The molecule has 0 saturated heterocycles. The lowest BCUT2D eigenvalue weighted by molar-refractivity contribution is 0.314. The minimum atomic E-state index is -0.449. The van der Waals surface area contributed by atoms with Crippen LogP contribution in [0.1, 0.15) is 5.56 Å². The molecule has 0 bridgehead atoms. The van der Waals surface area contributed by atoms with E-state index in [0.717, 1.165) is 17.1 Å². The number of nitrogens with two attached hydrogens (primary N) is 1. The minimum absolute atomic E-state index is 0.0993. The van der Waals surface area contributed by atoms with Crippen LogP contribution < -0.4 is 20.9 Å². The number of rotatable bonds is 2. The maximum Gasteiger partial charge on any atom is 0.298 e. The first-order chi connectivity index (χ1) is 14.2. The maximum atomic E-state index is 12.9. The standard InChI is InChI=1S/C21H15N5O2S/c22-11-13-12-29-20-18(13)26(21(27)19(23)24-20)15-6-7-17-16(10-15)25(8-9-28-17)14-4-2-1-3-5-14/h1-7,10,12H,8-9H2,(H2,23,24). The number of thiophene rings is 1. The zero-order valence-electron chi connectivity index (χ0n) is 15.2. The van der Waals surface area contributed by atoms with Gasteiger partial charge in [0.25, 0.3) is 5.56 Å². The molecular formula is C21H15N5O2S. The van der Waals surface area contributed by atoms with Crippen LogP contribution in [0.4, 0.5) is 17.2 Å². The molecule has 3 heterocycles. The topological polar surface area (TPSA) is 97.2 Å². The number of hydrogen-bond donors (Lipinski definition) is 1. The van der Waals surface area contributed by atoms with E-state index in [4.69, 9.17) is 10.5 Å². The summed E-state index contributed by atoms with van der Waals surface area (Å²) in [6.07, 6.45) is 0. The lowest BCUT2D eigenvalue weighted by Crippen LogP contribution is -2.29. The molecule has 29 heavy (non-hydrogen) atoms. The third-order valence-corrected chi connectivity index (χ3v) is 5.73. The highest BCUT2D eigenvalue weighted by Gasteiger charge is 2.22. The minimum Gasteiger partial charge on any atom is -0.490 e. The summed E-state index contributed by atoms with van der Waals surface area (Å²) in [5.74, 6) is 0.638. The number of nitrogen functional groups attached to an aromatic ring is 1. The Morgan fingerprint density at radius 3 is 2.79 bits per heavy atom. The van der Waals surface area contributed by atoms with Crippen LogP contribution in [-0.4, -0.2) is 22.7 Å². The molecule has 0 spiro atoms. The second-order valence-electron chi connectivity index (χ2n) is 6.54. The van der Waals surface area contributed by atoms with E-state index in [1.54, 1.807) is 11.4 Å². The Labute approximate surface area is 169 Å². The molecule has 7 nitrogen and oxygen atoms in total. The molecule has 0 unspecified atom stereocenters. The fraction of sp³-hybridized carbons (Fsp3) is 0.0952. The van der Waals surface area contributed by atoms with Gasteiger partial charge in [-0.1, -0.05) is 18.2 Å². The van der Waals surface area contributed by atoms with Crippen LogP contribution >= 0.6 is 11.3 Å². The quantitative estimate of drug-likeness (QED) is 0.553. The summed E-state index contributed by atoms with van der Waals surface area (Å²) >= 11 is 1.29. The van der Waals surface area contributed by atoms with Crippen molar-refractivity contribution in [3.8, 4) is 17.5 Å². The summed E-state index contributed by atoms with van der Waals surface area (Å²) in [6.45, 7) is 1.25. The zero-order chi connectivity index (χ0) is 20.0. The van der Waals surface area contributed by atoms with Gasteiger partial charge in [-0.15, -0.1) is 11.3 Å². The fourth-order valence-electron chi connectivity index (χ4n) is 3.56. The van der Waals surface area contributed by atoms with E-state index < -0.39 is 5.56 Å². The van der Waals surface area contributed by atoms with Crippen molar-refractivity contribution in [1.29, 1.82) is 5.26 Å². The van der Waals surface area contributed by atoms with Crippen molar-refractivity contribution in [3.63, 3.8) is 0 Å². The van der Waals surface area contributed by atoms with Gasteiger partial charge in [-0.05, 0) is 30.3 Å². The fourth-order valence-corrected chi connectivity index (χ4v) is 4.41. The van der Waals surface area contributed by atoms with E-state index in [1.807, 2.05) is 42.5 Å². The molecule has 2 N–H and O–H groups in total. The summed E-state index contributed by atoms with van der Waals surface area (Å²) in [5, 5.41) is 11.2. The molecule has 2 aromatic heterocycles. The molecule has 0 saturated carbocycles. The van der Waals surface area contributed by atoms with Crippen LogP contribution in [-0.2, 0) is 0 Å². The van der Waals surface area contributed by atoms with Gasteiger partial charge >= 0.3 is 0 Å². The summed E-state index contributed by atoms with van der Waals surface area (Å²) in [5.41, 5.74) is 8.78. The van der Waals surface area contributed by atoms with Crippen LogP contribution in [0.25, 0.3) is 16.0 Å². The second-order valence-corrected chi connectivity index (χ2v) is 7.40. The lowest BCUT2D eigenvalue weighted by atomic mass is 10.1. The van der Waals surface area contributed by atoms with Crippen LogP contribution in [0.5, 0.6) is 5.75 Å². The number of nitrogens with zero attached hydrogens (tertiary/aromatic N) is 4. The summed E-state index contributed by atoms with van der Waals surface area (Å²) in [4.78, 5) is 19.7. The smallest absolute Gasteiger partial charge is 0.298 e. The molecule has 5 rings (SSSR count). The monoisotopic (exact) mass is 401 g/mol. The van der Waals surface area contributed by atoms with Crippen LogP contribution in [0.15, 0.2) is 58.7 Å². The number of anilines is 3. The number of hydrogen-bond acceptors (Lipinski definition) is 7. The molecule has 0 radical (unpaired) electrons. The second kappa shape index (κ2) is 6.65. The van der Waals surface area contributed by atoms with Crippen LogP contribution in [0, 0.1) is 11.3 Å². The number of nitriles is 1. The molecule has 1 aliphatic rings. The highest BCUT2D eigenvalue weighted by atomic mass is 32.1. The van der Waals surface area contributed by atoms with Gasteiger partial charge in [0.1, 0.15) is 28.8 Å².